The van der Waals surface area contributed by atoms with Crippen molar-refractivity contribution in [3.63, 3.8) is 0 Å². The van der Waals surface area contributed by atoms with E-state index >= 15 is 0 Å². The molecule has 2 rings (SSSR count). The third-order valence-electron chi connectivity index (χ3n) is 5.48. The van der Waals surface area contributed by atoms with Crippen LogP contribution in [0.3, 0.4) is 0 Å². The maximum Gasteiger partial charge on any atom is 0.308 e. The first-order valence-electron chi connectivity index (χ1n) is 10.6. The molecule has 0 aromatic rings. The summed E-state index contributed by atoms with van der Waals surface area (Å²) in [5.41, 5.74) is 0. The highest BCUT2D eigenvalue weighted by atomic mass is 127. The van der Waals surface area contributed by atoms with E-state index in [2.05, 4.69) is 20.3 Å². The van der Waals surface area contributed by atoms with Gasteiger partial charge in [-0.3, -0.25) is 9.79 Å². The number of hydrogen-bond donors (Lipinski definition) is 3. The number of aliphatic imine (C=N–C) groups is 1. The standard InChI is InChI=1S/C19H36N4O4S.HI/c1-3-20-19(21-12-13-28(25,26)22-14-15-6-5-7-15)23-17-10-8-16(9-11-17)18(24)27-4-2;/h15-17,22H,3-14H2,1-2H3,(H2,20,21,23);1H. The zero-order chi connectivity index (χ0) is 20.4. The second-order valence-corrected chi connectivity index (χ2v) is 9.60. The molecule has 0 atom stereocenters. The zero-order valence-electron chi connectivity index (χ0n) is 17.6. The summed E-state index contributed by atoms with van der Waals surface area (Å²) in [5.74, 6) is 1.02. The lowest BCUT2D eigenvalue weighted by Crippen LogP contribution is -2.45. The van der Waals surface area contributed by atoms with Crippen LogP contribution in [0.1, 0.15) is 58.8 Å². The number of sulfonamides is 1. The van der Waals surface area contributed by atoms with Gasteiger partial charge in [-0.1, -0.05) is 6.42 Å². The highest BCUT2D eigenvalue weighted by Gasteiger charge is 2.27. The number of nitrogens with zero attached hydrogens (tertiary/aromatic N) is 1. The van der Waals surface area contributed by atoms with E-state index in [4.69, 9.17) is 4.74 Å². The molecule has 0 bridgehead atoms. The summed E-state index contributed by atoms with van der Waals surface area (Å²) in [5, 5.41) is 6.55. The van der Waals surface area contributed by atoms with Crippen LogP contribution in [0.4, 0.5) is 0 Å². The molecule has 29 heavy (non-hydrogen) atoms. The predicted octanol–water partition coefficient (Wildman–Crippen LogP) is 2.00. The summed E-state index contributed by atoms with van der Waals surface area (Å²) >= 11 is 0. The van der Waals surface area contributed by atoms with Crippen LogP contribution < -0.4 is 15.4 Å². The minimum absolute atomic E-state index is 0. The van der Waals surface area contributed by atoms with Gasteiger partial charge in [-0.2, -0.15) is 0 Å². The van der Waals surface area contributed by atoms with E-state index in [0.717, 1.165) is 38.5 Å². The van der Waals surface area contributed by atoms with Crippen LogP contribution in [0.2, 0.25) is 0 Å². The van der Waals surface area contributed by atoms with E-state index in [1.54, 1.807) is 0 Å². The Hall–Kier alpha value is -0.620. The number of carbonyl (C=O) groups excluding carboxylic acids is 1. The topological polar surface area (TPSA) is 109 Å². The van der Waals surface area contributed by atoms with Crippen molar-refractivity contribution in [2.75, 3.05) is 32.0 Å². The predicted molar refractivity (Wildman–Crippen MR) is 126 cm³/mol. The first kappa shape index (κ1) is 26.4. The van der Waals surface area contributed by atoms with Crippen molar-refractivity contribution >= 4 is 45.9 Å². The molecular weight excluding hydrogens is 507 g/mol. The van der Waals surface area contributed by atoms with Crippen LogP contribution in [0, 0.1) is 11.8 Å². The van der Waals surface area contributed by atoms with Gasteiger partial charge in [-0.15, -0.1) is 24.0 Å². The minimum Gasteiger partial charge on any atom is -0.466 e. The quantitative estimate of drug-likeness (QED) is 0.168. The van der Waals surface area contributed by atoms with E-state index in [1.807, 2.05) is 13.8 Å². The molecule has 10 heteroatoms. The van der Waals surface area contributed by atoms with Gasteiger partial charge in [0, 0.05) is 19.1 Å². The molecule has 0 radical (unpaired) electrons. The van der Waals surface area contributed by atoms with Crippen molar-refractivity contribution < 1.29 is 17.9 Å². The molecule has 0 amide bonds. The fourth-order valence-electron chi connectivity index (χ4n) is 3.54. The van der Waals surface area contributed by atoms with E-state index in [1.165, 1.54) is 6.42 Å². The molecule has 0 heterocycles. The maximum absolute atomic E-state index is 12.1. The summed E-state index contributed by atoms with van der Waals surface area (Å²) in [7, 11) is -3.28. The summed E-state index contributed by atoms with van der Waals surface area (Å²) < 4.78 is 32.0. The molecule has 0 aromatic carbocycles. The normalized spacial score (nSPS) is 22.9. The number of ether oxygens (including phenoxy) is 1. The number of nitrogens with one attached hydrogen (secondary N) is 3. The van der Waals surface area contributed by atoms with E-state index in [-0.39, 0.29) is 54.2 Å². The molecule has 0 saturated heterocycles. The summed E-state index contributed by atoms with van der Waals surface area (Å²) in [6.07, 6.45) is 6.78. The van der Waals surface area contributed by atoms with Crippen LogP contribution in [-0.2, 0) is 19.6 Å². The van der Waals surface area contributed by atoms with Gasteiger partial charge in [0.05, 0.1) is 24.8 Å². The van der Waals surface area contributed by atoms with Gasteiger partial charge in [0.25, 0.3) is 0 Å². The smallest absolute Gasteiger partial charge is 0.308 e. The molecule has 2 aliphatic rings. The minimum atomic E-state index is -3.28. The van der Waals surface area contributed by atoms with Crippen LogP contribution in [0.5, 0.6) is 0 Å². The van der Waals surface area contributed by atoms with Crippen molar-refractivity contribution in [1.29, 1.82) is 0 Å². The first-order valence-corrected chi connectivity index (χ1v) is 12.3. The van der Waals surface area contributed by atoms with E-state index in [9.17, 15) is 13.2 Å². The van der Waals surface area contributed by atoms with Crippen LogP contribution in [-0.4, -0.2) is 58.4 Å². The Morgan fingerprint density at radius 1 is 1.10 bits per heavy atom. The van der Waals surface area contributed by atoms with Gasteiger partial charge in [-0.05, 0) is 58.3 Å². The van der Waals surface area contributed by atoms with Gasteiger partial charge in [-0.25, -0.2) is 13.1 Å². The molecule has 0 aliphatic heterocycles. The number of halogens is 1. The van der Waals surface area contributed by atoms with Crippen molar-refractivity contribution in [3.05, 3.63) is 0 Å². The SMILES string of the molecule is CCNC(=NCCS(=O)(=O)NCC1CCC1)NC1CCC(C(=O)OCC)CC1.I. The Morgan fingerprint density at radius 3 is 2.34 bits per heavy atom. The fraction of sp³-hybridized carbons (Fsp3) is 0.895. The highest BCUT2D eigenvalue weighted by molar-refractivity contribution is 14.0. The van der Waals surface area contributed by atoms with E-state index in [0.29, 0.717) is 31.6 Å². The lowest BCUT2D eigenvalue weighted by molar-refractivity contribution is -0.149. The van der Waals surface area contributed by atoms with Gasteiger partial charge in [0.1, 0.15) is 0 Å². The van der Waals surface area contributed by atoms with Crippen molar-refractivity contribution in [2.45, 2.75) is 64.8 Å². The molecule has 0 unspecified atom stereocenters. The van der Waals surface area contributed by atoms with Crippen molar-refractivity contribution in [1.82, 2.24) is 15.4 Å². The Kier molecular flexibility index (Phi) is 12.4. The van der Waals surface area contributed by atoms with Gasteiger partial charge >= 0.3 is 5.97 Å². The monoisotopic (exact) mass is 544 g/mol. The lowest BCUT2D eigenvalue weighted by atomic mass is 9.86. The highest BCUT2D eigenvalue weighted by Crippen LogP contribution is 2.26. The summed E-state index contributed by atoms with van der Waals surface area (Å²) in [6, 6.07) is 0.233. The Bertz CT molecular complexity index is 618. The third-order valence-corrected chi connectivity index (χ3v) is 6.81. The average molecular weight is 545 g/mol. The number of rotatable bonds is 10. The molecule has 170 valence electrons. The molecule has 2 fully saturated rings. The fourth-order valence-corrected chi connectivity index (χ4v) is 4.50. The molecule has 0 aromatic heterocycles. The summed E-state index contributed by atoms with van der Waals surface area (Å²) in [4.78, 5) is 16.3. The second-order valence-electron chi connectivity index (χ2n) is 7.67. The number of guanidine groups is 1. The lowest BCUT2D eigenvalue weighted by Gasteiger charge is -2.29. The van der Waals surface area contributed by atoms with Crippen molar-refractivity contribution in [2.24, 2.45) is 16.8 Å². The average Bonchev–Trinajstić information content (AvgIpc) is 2.61. The molecule has 3 N–H and O–H groups in total. The third kappa shape index (κ3) is 9.82. The van der Waals surface area contributed by atoms with E-state index < -0.39 is 10.0 Å². The molecule has 2 aliphatic carbocycles. The largest absolute Gasteiger partial charge is 0.466 e. The first-order chi connectivity index (χ1) is 13.4. The van der Waals surface area contributed by atoms with Crippen LogP contribution >= 0.6 is 24.0 Å². The Labute approximate surface area is 192 Å². The molecule has 0 spiro atoms. The number of hydrogen-bond acceptors (Lipinski definition) is 5. The second kappa shape index (κ2) is 13.6. The molecule has 8 nitrogen and oxygen atoms in total. The van der Waals surface area contributed by atoms with Gasteiger partial charge in [0.15, 0.2) is 5.96 Å². The van der Waals surface area contributed by atoms with Gasteiger partial charge < -0.3 is 15.4 Å². The van der Waals surface area contributed by atoms with Gasteiger partial charge in [0.2, 0.25) is 10.0 Å². The number of esters is 1. The van der Waals surface area contributed by atoms with Crippen molar-refractivity contribution in [3.8, 4) is 0 Å². The Morgan fingerprint density at radius 2 is 1.79 bits per heavy atom. The zero-order valence-corrected chi connectivity index (χ0v) is 20.8. The van der Waals surface area contributed by atoms with Crippen LogP contribution in [0.15, 0.2) is 4.99 Å². The summed E-state index contributed by atoms with van der Waals surface area (Å²) in [6.45, 7) is 5.70. The maximum atomic E-state index is 12.1. The molecule has 2 saturated carbocycles. The Balaban J connectivity index is 0.00000420. The molecular formula is C19H37IN4O4S. The number of carbonyl (C=O) groups is 1. The van der Waals surface area contributed by atoms with Crippen LogP contribution in [0.25, 0.3) is 0 Å².